The van der Waals surface area contributed by atoms with Crippen LogP contribution >= 0.6 is 31.9 Å². The average molecular weight is 722 g/mol. The summed E-state index contributed by atoms with van der Waals surface area (Å²) in [5, 5.41) is 12.2. The number of carbonyl (C=O) groups is 1. The lowest BCUT2D eigenvalue weighted by molar-refractivity contribution is -0.128. The standard InChI is InChI=1S/C35H34Br2N2O5/c1-42-28-15-9-24(10-16-28)19-20-38-34(41)35(23-25-7-13-27(36)14-8-25)32(30-5-2-3-6-31(30)37)44-33(39-35)26-11-17-29(18-12-26)43-22-4-21-40/h2-3,5-18,32,40H,4,19-23H2,1H3,(H,38,41)/t32-,35-/m1/s1. The molecule has 5 rings (SSSR count). The monoisotopic (exact) mass is 720 g/mol. The van der Waals surface area contributed by atoms with Crippen LogP contribution in [0.15, 0.2) is 111 Å². The van der Waals surface area contributed by atoms with Gasteiger partial charge in [0, 0.05) is 46.1 Å². The molecule has 1 amide bonds. The highest BCUT2D eigenvalue weighted by atomic mass is 79.9. The Hall–Kier alpha value is -3.66. The van der Waals surface area contributed by atoms with Crippen molar-refractivity contribution in [1.29, 1.82) is 0 Å². The van der Waals surface area contributed by atoms with Gasteiger partial charge in [-0.05, 0) is 72.1 Å². The maximum Gasteiger partial charge on any atom is 0.252 e. The second-order valence-electron chi connectivity index (χ2n) is 10.5. The number of rotatable bonds is 13. The van der Waals surface area contributed by atoms with E-state index < -0.39 is 11.6 Å². The molecule has 4 aromatic carbocycles. The lowest BCUT2D eigenvalue weighted by atomic mass is 9.82. The third-order valence-electron chi connectivity index (χ3n) is 7.46. The Balaban J connectivity index is 1.50. The summed E-state index contributed by atoms with van der Waals surface area (Å²) in [7, 11) is 1.64. The minimum absolute atomic E-state index is 0.0712. The van der Waals surface area contributed by atoms with E-state index in [1.165, 1.54) is 0 Å². The van der Waals surface area contributed by atoms with Crippen LogP contribution in [0.4, 0.5) is 0 Å². The summed E-state index contributed by atoms with van der Waals surface area (Å²) >= 11 is 7.22. The molecule has 4 aromatic rings. The van der Waals surface area contributed by atoms with Gasteiger partial charge in [0.05, 0.1) is 13.7 Å². The number of amides is 1. The van der Waals surface area contributed by atoms with Gasteiger partial charge in [0.1, 0.15) is 11.5 Å². The predicted molar refractivity (Wildman–Crippen MR) is 178 cm³/mol. The summed E-state index contributed by atoms with van der Waals surface area (Å²) in [6, 6.07) is 31.0. The molecule has 1 aliphatic heterocycles. The first kappa shape index (κ1) is 31.8. The van der Waals surface area contributed by atoms with Crippen molar-refractivity contribution >= 4 is 43.7 Å². The highest BCUT2D eigenvalue weighted by Crippen LogP contribution is 2.44. The molecule has 228 valence electrons. The van der Waals surface area contributed by atoms with E-state index >= 15 is 0 Å². The number of hydrogen-bond donors (Lipinski definition) is 2. The molecule has 0 aliphatic carbocycles. The molecule has 1 heterocycles. The van der Waals surface area contributed by atoms with Crippen molar-refractivity contribution in [3.05, 3.63) is 128 Å². The van der Waals surface area contributed by atoms with Crippen LogP contribution in [0.5, 0.6) is 11.5 Å². The molecule has 0 spiro atoms. The molecule has 0 saturated heterocycles. The van der Waals surface area contributed by atoms with Crippen molar-refractivity contribution in [2.45, 2.75) is 30.9 Å². The van der Waals surface area contributed by atoms with Gasteiger partial charge in [0.15, 0.2) is 11.6 Å². The maximum atomic E-state index is 14.4. The average Bonchev–Trinajstić information content (AvgIpc) is 3.43. The highest BCUT2D eigenvalue weighted by molar-refractivity contribution is 9.10. The molecule has 7 nitrogen and oxygen atoms in total. The fraction of sp³-hybridized carbons (Fsp3) is 0.257. The van der Waals surface area contributed by atoms with Crippen LogP contribution in [0.25, 0.3) is 0 Å². The summed E-state index contributed by atoms with van der Waals surface area (Å²) in [6.45, 7) is 0.923. The topological polar surface area (TPSA) is 89.4 Å². The van der Waals surface area contributed by atoms with E-state index in [9.17, 15) is 4.79 Å². The minimum Gasteiger partial charge on any atom is -0.497 e. The van der Waals surface area contributed by atoms with Gasteiger partial charge in [0.25, 0.3) is 5.91 Å². The lowest BCUT2D eigenvalue weighted by Gasteiger charge is -2.31. The Morgan fingerprint density at radius 2 is 1.61 bits per heavy atom. The molecular weight excluding hydrogens is 688 g/mol. The van der Waals surface area contributed by atoms with E-state index in [-0.39, 0.29) is 12.5 Å². The zero-order valence-corrected chi connectivity index (χ0v) is 27.5. The molecule has 0 saturated carbocycles. The fourth-order valence-corrected chi connectivity index (χ4v) is 5.88. The number of nitrogens with zero attached hydrogens (tertiary/aromatic N) is 1. The van der Waals surface area contributed by atoms with Crippen molar-refractivity contribution in [2.24, 2.45) is 4.99 Å². The van der Waals surface area contributed by atoms with Crippen LogP contribution in [0.2, 0.25) is 0 Å². The summed E-state index contributed by atoms with van der Waals surface area (Å²) in [6.07, 6.45) is 0.834. The van der Waals surface area contributed by atoms with Crippen LogP contribution < -0.4 is 14.8 Å². The third-order valence-corrected chi connectivity index (χ3v) is 8.71. The molecular formula is C35H34Br2N2O5. The maximum absolute atomic E-state index is 14.4. The smallest absolute Gasteiger partial charge is 0.252 e. The second-order valence-corrected chi connectivity index (χ2v) is 12.2. The van der Waals surface area contributed by atoms with Gasteiger partial charge < -0.3 is 24.6 Å². The zero-order valence-electron chi connectivity index (χ0n) is 24.3. The summed E-state index contributed by atoms with van der Waals surface area (Å²) in [4.78, 5) is 19.5. The van der Waals surface area contributed by atoms with Crippen LogP contribution in [0.3, 0.4) is 0 Å². The van der Waals surface area contributed by atoms with E-state index in [4.69, 9.17) is 24.3 Å². The third kappa shape index (κ3) is 7.52. The van der Waals surface area contributed by atoms with Crippen molar-refractivity contribution in [1.82, 2.24) is 5.32 Å². The van der Waals surface area contributed by atoms with Crippen molar-refractivity contribution in [3.8, 4) is 11.5 Å². The van der Waals surface area contributed by atoms with Crippen LogP contribution in [-0.4, -0.2) is 49.3 Å². The van der Waals surface area contributed by atoms with E-state index in [1.54, 1.807) is 7.11 Å². The molecule has 44 heavy (non-hydrogen) atoms. The normalized spacial score (nSPS) is 17.5. The van der Waals surface area contributed by atoms with Crippen LogP contribution in [0, 0.1) is 0 Å². The molecule has 0 aromatic heterocycles. The van der Waals surface area contributed by atoms with E-state index in [2.05, 4.69) is 37.2 Å². The van der Waals surface area contributed by atoms with E-state index in [0.717, 1.165) is 36.9 Å². The molecule has 2 atom stereocenters. The van der Waals surface area contributed by atoms with E-state index in [1.807, 2.05) is 97.1 Å². The second kappa shape index (κ2) is 14.9. The molecule has 0 unspecified atom stereocenters. The number of aliphatic hydroxyl groups is 1. The Morgan fingerprint density at radius 3 is 2.30 bits per heavy atom. The summed E-state index contributed by atoms with van der Waals surface area (Å²) in [5.74, 6) is 1.64. The van der Waals surface area contributed by atoms with Crippen molar-refractivity contribution < 1.29 is 24.1 Å². The number of nitrogens with one attached hydrogen (secondary N) is 1. The first-order valence-electron chi connectivity index (χ1n) is 14.4. The Kier molecular flexibility index (Phi) is 10.7. The van der Waals surface area contributed by atoms with Crippen LogP contribution in [-0.2, 0) is 22.4 Å². The van der Waals surface area contributed by atoms with Gasteiger partial charge >= 0.3 is 0 Å². The van der Waals surface area contributed by atoms with Gasteiger partial charge in [0.2, 0.25) is 5.90 Å². The lowest BCUT2D eigenvalue weighted by Crippen LogP contribution is -2.50. The number of ether oxygens (including phenoxy) is 3. The van der Waals surface area contributed by atoms with Gasteiger partial charge in [-0.15, -0.1) is 0 Å². The van der Waals surface area contributed by atoms with Gasteiger partial charge in [-0.25, -0.2) is 4.99 Å². The number of methoxy groups -OCH3 is 1. The highest BCUT2D eigenvalue weighted by Gasteiger charge is 2.53. The minimum atomic E-state index is -1.29. The van der Waals surface area contributed by atoms with Crippen LogP contribution in [0.1, 0.15) is 34.8 Å². The van der Waals surface area contributed by atoms with E-state index in [0.29, 0.717) is 44.1 Å². The van der Waals surface area contributed by atoms with Gasteiger partial charge in [-0.3, -0.25) is 4.79 Å². The Labute approximate surface area is 274 Å². The van der Waals surface area contributed by atoms with Gasteiger partial charge in [-0.1, -0.05) is 74.3 Å². The van der Waals surface area contributed by atoms with Crippen molar-refractivity contribution in [2.75, 3.05) is 26.9 Å². The number of aliphatic imine (C=N–C) groups is 1. The molecule has 0 radical (unpaired) electrons. The van der Waals surface area contributed by atoms with Gasteiger partial charge in [-0.2, -0.15) is 0 Å². The number of carbonyl (C=O) groups excluding carboxylic acids is 1. The quantitative estimate of drug-likeness (QED) is 0.148. The first-order valence-corrected chi connectivity index (χ1v) is 16.0. The Morgan fingerprint density at radius 1 is 0.932 bits per heavy atom. The molecule has 0 fully saturated rings. The summed E-state index contributed by atoms with van der Waals surface area (Å²) < 4.78 is 19.4. The SMILES string of the molecule is COc1ccc(CCNC(=O)[C@]2(Cc3ccc(Br)cc3)N=C(c3ccc(OCCCO)cc3)O[C@@H]2c2ccccc2Br)cc1. The number of aliphatic hydroxyl groups excluding tert-OH is 1. The molecule has 9 heteroatoms. The largest absolute Gasteiger partial charge is 0.497 e. The predicted octanol–water partition coefficient (Wildman–Crippen LogP) is 6.84. The summed E-state index contributed by atoms with van der Waals surface area (Å²) in [5.41, 5.74) is 2.32. The molecule has 2 N–H and O–H groups in total. The number of benzene rings is 4. The fourth-order valence-electron chi connectivity index (χ4n) is 5.13. The Bertz CT molecular complexity index is 1580. The van der Waals surface area contributed by atoms with Crippen molar-refractivity contribution in [3.63, 3.8) is 0 Å². The number of hydrogen-bond acceptors (Lipinski definition) is 6. The molecule has 0 bridgehead atoms. The number of halogens is 2. The zero-order chi connectivity index (χ0) is 30.9. The molecule has 1 aliphatic rings. The first-order chi connectivity index (χ1) is 21.4.